The highest BCUT2D eigenvalue weighted by Crippen LogP contribution is 2.33. The van der Waals surface area contributed by atoms with E-state index in [9.17, 15) is 9.59 Å². The molecule has 0 aliphatic heterocycles. The molecule has 1 saturated carbocycles. The first-order valence-electron chi connectivity index (χ1n) is 7.74. The summed E-state index contributed by atoms with van der Waals surface area (Å²) in [5.74, 6) is 1.00. The lowest BCUT2D eigenvalue weighted by Gasteiger charge is -2.28. The topological polar surface area (TPSA) is 58.2 Å². The Labute approximate surface area is 123 Å². The SMILES string of the molecule is CN[C@H](C=O)CC(C)(C)CCN[C@@H](CC1CC1)C(C)=O. The largest absolute Gasteiger partial charge is 0.311 e. The molecular formula is C16H30N2O2. The van der Waals surface area contributed by atoms with Crippen LogP contribution in [0.4, 0.5) is 0 Å². The highest BCUT2D eigenvalue weighted by molar-refractivity contribution is 5.81. The molecule has 1 rings (SSSR count). The summed E-state index contributed by atoms with van der Waals surface area (Å²) in [6.45, 7) is 6.85. The fraction of sp³-hybridized carbons (Fsp3) is 0.875. The van der Waals surface area contributed by atoms with Gasteiger partial charge in [0.05, 0.1) is 12.1 Å². The summed E-state index contributed by atoms with van der Waals surface area (Å²) in [5.41, 5.74) is 0.0858. The van der Waals surface area contributed by atoms with E-state index in [4.69, 9.17) is 0 Å². The van der Waals surface area contributed by atoms with E-state index in [0.29, 0.717) is 0 Å². The molecule has 0 aromatic rings. The molecule has 0 saturated heterocycles. The molecule has 0 bridgehead atoms. The molecule has 0 amide bonds. The van der Waals surface area contributed by atoms with E-state index >= 15 is 0 Å². The van der Waals surface area contributed by atoms with Crippen LogP contribution in [0.1, 0.15) is 52.9 Å². The maximum atomic E-state index is 11.6. The van der Waals surface area contributed by atoms with Crippen LogP contribution in [-0.2, 0) is 9.59 Å². The highest BCUT2D eigenvalue weighted by Gasteiger charge is 2.28. The fourth-order valence-electron chi connectivity index (χ4n) is 2.58. The first-order valence-corrected chi connectivity index (χ1v) is 7.74. The van der Waals surface area contributed by atoms with Crippen molar-refractivity contribution in [1.82, 2.24) is 10.6 Å². The molecule has 0 spiro atoms. The van der Waals surface area contributed by atoms with Crippen LogP contribution in [0.5, 0.6) is 0 Å². The lowest BCUT2D eigenvalue weighted by Crippen LogP contribution is -2.39. The number of hydrogen-bond donors (Lipinski definition) is 2. The number of likely N-dealkylation sites (N-methyl/N-ethyl adjacent to an activating group) is 1. The standard InChI is InChI=1S/C16H30N2O2/c1-12(20)15(9-13-5-6-13)18-8-7-16(2,3)10-14(11-19)17-4/h11,13-15,17-18H,5-10H2,1-4H3/t14-,15-/m0/s1. The van der Waals surface area contributed by atoms with Crippen molar-refractivity contribution in [3.05, 3.63) is 0 Å². The molecule has 0 radical (unpaired) electrons. The van der Waals surface area contributed by atoms with Crippen molar-refractivity contribution in [3.8, 4) is 0 Å². The number of nitrogens with one attached hydrogen (secondary N) is 2. The third kappa shape index (κ3) is 6.62. The van der Waals surface area contributed by atoms with Crippen molar-refractivity contribution in [2.75, 3.05) is 13.6 Å². The van der Waals surface area contributed by atoms with Gasteiger partial charge in [0.2, 0.25) is 0 Å². The Morgan fingerprint density at radius 3 is 2.50 bits per heavy atom. The second-order valence-corrected chi connectivity index (χ2v) is 6.95. The van der Waals surface area contributed by atoms with Gasteiger partial charge in [-0.1, -0.05) is 26.7 Å². The maximum absolute atomic E-state index is 11.6. The van der Waals surface area contributed by atoms with E-state index in [1.807, 2.05) is 7.05 Å². The molecular weight excluding hydrogens is 252 g/mol. The number of ketones is 1. The minimum Gasteiger partial charge on any atom is -0.311 e. The predicted octanol–water partition coefficient (Wildman–Crippen LogP) is 1.93. The summed E-state index contributed by atoms with van der Waals surface area (Å²) < 4.78 is 0. The predicted molar refractivity (Wildman–Crippen MR) is 81.7 cm³/mol. The minimum atomic E-state index is -0.0833. The van der Waals surface area contributed by atoms with E-state index in [1.165, 1.54) is 12.8 Å². The lowest BCUT2D eigenvalue weighted by molar-refractivity contribution is -0.119. The summed E-state index contributed by atoms with van der Waals surface area (Å²) in [4.78, 5) is 22.5. The second kappa shape index (κ2) is 7.89. The smallest absolute Gasteiger partial charge is 0.146 e. The van der Waals surface area contributed by atoms with Crippen molar-refractivity contribution in [2.24, 2.45) is 11.3 Å². The van der Waals surface area contributed by atoms with Crippen LogP contribution in [0.2, 0.25) is 0 Å². The van der Waals surface area contributed by atoms with Crippen molar-refractivity contribution < 1.29 is 9.59 Å². The summed E-state index contributed by atoms with van der Waals surface area (Å²) >= 11 is 0. The zero-order valence-corrected chi connectivity index (χ0v) is 13.4. The van der Waals surface area contributed by atoms with Gasteiger partial charge in [-0.2, -0.15) is 0 Å². The van der Waals surface area contributed by atoms with Crippen molar-refractivity contribution >= 4 is 12.1 Å². The zero-order chi connectivity index (χ0) is 15.2. The molecule has 1 aliphatic carbocycles. The number of hydrogen-bond acceptors (Lipinski definition) is 4. The van der Waals surface area contributed by atoms with Gasteiger partial charge in [0.25, 0.3) is 0 Å². The fourth-order valence-corrected chi connectivity index (χ4v) is 2.58. The Balaban J connectivity index is 2.32. The van der Waals surface area contributed by atoms with Crippen molar-refractivity contribution in [1.29, 1.82) is 0 Å². The number of carbonyl (C=O) groups is 2. The summed E-state index contributed by atoms with van der Waals surface area (Å²) in [6, 6.07) is -0.0652. The zero-order valence-electron chi connectivity index (χ0n) is 13.4. The first-order chi connectivity index (χ1) is 9.38. The Bertz CT molecular complexity index is 324. The molecule has 0 unspecified atom stereocenters. The third-order valence-electron chi connectivity index (χ3n) is 4.26. The van der Waals surface area contributed by atoms with Crippen LogP contribution < -0.4 is 10.6 Å². The molecule has 1 aliphatic rings. The molecule has 0 heterocycles. The maximum Gasteiger partial charge on any atom is 0.146 e. The van der Waals surface area contributed by atoms with Crippen LogP contribution in [0.15, 0.2) is 0 Å². The van der Waals surface area contributed by atoms with Crippen LogP contribution >= 0.6 is 0 Å². The molecule has 0 aromatic heterocycles. The Kier molecular flexibility index (Phi) is 6.83. The minimum absolute atomic E-state index is 0.0180. The van der Waals surface area contributed by atoms with Gasteiger partial charge in [-0.25, -0.2) is 0 Å². The Morgan fingerprint density at radius 2 is 2.05 bits per heavy atom. The molecule has 2 N–H and O–H groups in total. The van der Waals surface area contributed by atoms with E-state index in [-0.39, 0.29) is 23.3 Å². The average Bonchev–Trinajstić information content (AvgIpc) is 3.18. The van der Waals surface area contributed by atoms with Crippen LogP contribution in [-0.4, -0.2) is 37.7 Å². The van der Waals surface area contributed by atoms with Crippen LogP contribution in [0.25, 0.3) is 0 Å². The Hall–Kier alpha value is -0.740. The molecule has 4 heteroatoms. The van der Waals surface area contributed by atoms with Gasteiger partial charge in [0, 0.05) is 0 Å². The van der Waals surface area contributed by atoms with E-state index in [1.54, 1.807) is 6.92 Å². The molecule has 2 atom stereocenters. The van der Waals surface area contributed by atoms with Gasteiger partial charge in [-0.15, -0.1) is 0 Å². The van der Waals surface area contributed by atoms with E-state index < -0.39 is 0 Å². The van der Waals surface area contributed by atoms with Crippen molar-refractivity contribution in [2.45, 2.75) is 65.0 Å². The lowest BCUT2D eigenvalue weighted by atomic mass is 9.82. The number of aldehydes is 1. The average molecular weight is 282 g/mol. The summed E-state index contributed by atoms with van der Waals surface area (Å²) in [5, 5.41) is 6.41. The first kappa shape index (κ1) is 17.3. The van der Waals surface area contributed by atoms with Gasteiger partial charge in [0.1, 0.15) is 12.1 Å². The molecule has 0 aromatic carbocycles. The number of rotatable bonds is 11. The summed E-state index contributed by atoms with van der Waals surface area (Å²) in [6.07, 6.45) is 6.31. The summed E-state index contributed by atoms with van der Waals surface area (Å²) in [7, 11) is 1.81. The molecule has 4 nitrogen and oxygen atoms in total. The van der Waals surface area contributed by atoms with Crippen LogP contribution in [0.3, 0.4) is 0 Å². The molecule has 20 heavy (non-hydrogen) atoms. The second-order valence-electron chi connectivity index (χ2n) is 6.95. The molecule has 1 fully saturated rings. The van der Waals surface area contributed by atoms with Crippen molar-refractivity contribution in [3.63, 3.8) is 0 Å². The van der Waals surface area contributed by atoms with Gasteiger partial charge in [0.15, 0.2) is 0 Å². The quantitative estimate of drug-likeness (QED) is 0.569. The van der Waals surface area contributed by atoms with Gasteiger partial charge >= 0.3 is 0 Å². The highest BCUT2D eigenvalue weighted by atomic mass is 16.1. The van der Waals surface area contributed by atoms with Gasteiger partial charge < -0.3 is 15.4 Å². The van der Waals surface area contributed by atoms with Gasteiger partial charge in [-0.05, 0) is 51.1 Å². The van der Waals surface area contributed by atoms with E-state index in [2.05, 4.69) is 24.5 Å². The Morgan fingerprint density at radius 1 is 1.40 bits per heavy atom. The number of Topliss-reactive ketones (excluding diaryl/α,β-unsaturated/α-hetero) is 1. The normalized spacial score (nSPS) is 18.6. The van der Waals surface area contributed by atoms with E-state index in [0.717, 1.165) is 38.0 Å². The van der Waals surface area contributed by atoms with Gasteiger partial charge in [-0.3, -0.25) is 4.79 Å². The monoisotopic (exact) mass is 282 g/mol. The third-order valence-corrected chi connectivity index (χ3v) is 4.26. The number of carbonyl (C=O) groups excluding carboxylic acids is 2. The van der Waals surface area contributed by atoms with Crippen LogP contribution in [0, 0.1) is 11.3 Å². The molecule has 116 valence electrons.